The molecule has 2 fully saturated rings. The predicted molar refractivity (Wildman–Crippen MR) is 115 cm³/mol. The van der Waals surface area contributed by atoms with Gasteiger partial charge < -0.3 is 54.7 Å². The molecular formula is C22H42O11. The van der Waals surface area contributed by atoms with Gasteiger partial charge in [-0.1, -0.05) is 45.4 Å². The summed E-state index contributed by atoms with van der Waals surface area (Å²) < 4.78 is 22.3. The average molecular weight is 483 g/mol. The first-order valence-corrected chi connectivity index (χ1v) is 12.0. The lowest BCUT2D eigenvalue weighted by Gasteiger charge is -2.42. The third-order valence-corrected chi connectivity index (χ3v) is 6.20. The van der Waals surface area contributed by atoms with E-state index in [9.17, 15) is 35.7 Å². The van der Waals surface area contributed by atoms with Crippen molar-refractivity contribution in [1.29, 1.82) is 0 Å². The Morgan fingerprint density at radius 2 is 1.30 bits per heavy atom. The maximum absolute atomic E-state index is 10.6. The molecule has 2 heterocycles. The van der Waals surface area contributed by atoms with Crippen molar-refractivity contribution in [1.82, 2.24) is 0 Å². The Bertz CT molecular complexity index is 523. The van der Waals surface area contributed by atoms with Crippen LogP contribution in [-0.2, 0) is 18.9 Å². The number of ether oxygens (including phenoxy) is 4. The molecule has 11 heteroatoms. The summed E-state index contributed by atoms with van der Waals surface area (Å²) in [6.07, 6.45) is -6.00. The van der Waals surface area contributed by atoms with Crippen LogP contribution < -0.4 is 0 Å². The molecule has 0 saturated carbocycles. The largest absolute Gasteiger partial charge is 0.394 e. The number of rotatable bonds is 13. The van der Waals surface area contributed by atoms with Crippen LogP contribution in [0.2, 0.25) is 0 Å². The van der Waals surface area contributed by atoms with Crippen molar-refractivity contribution in [3.8, 4) is 0 Å². The molecule has 33 heavy (non-hydrogen) atoms. The van der Waals surface area contributed by atoms with E-state index in [1.54, 1.807) is 0 Å². The lowest BCUT2D eigenvalue weighted by molar-refractivity contribution is -0.328. The van der Waals surface area contributed by atoms with Crippen LogP contribution in [0.4, 0.5) is 0 Å². The molecule has 0 aromatic rings. The van der Waals surface area contributed by atoms with Crippen LogP contribution in [0.25, 0.3) is 0 Å². The number of aliphatic hydroxyl groups excluding tert-OH is 7. The van der Waals surface area contributed by atoms with Gasteiger partial charge >= 0.3 is 0 Å². The summed E-state index contributed by atoms with van der Waals surface area (Å²) in [6, 6.07) is 0. The highest BCUT2D eigenvalue weighted by molar-refractivity contribution is 4.92. The zero-order valence-corrected chi connectivity index (χ0v) is 19.3. The maximum atomic E-state index is 10.6. The second-order valence-electron chi connectivity index (χ2n) is 8.89. The Labute approximate surface area is 194 Å². The summed E-state index contributed by atoms with van der Waals surface area (Å²) in [5.74, 6) is 0. The standard InChI is InChI=1S/C22H42O11/c1-2-3-4-5-6-7-8-9-30-21-14(26)10-13(25)20(16(12-24)32-21)33-22-19(29)18(28)17(27)15(11-23)31-22/h13-29H,2-12H2,1H3. The normalized spacial score (nSPS) is 40.0. The number of hydrogen-bond donors (Lipinski definition) is 7. The zero-order chi connectivity index (χ0) is 24.4. The SMILES string of the molecule is CCCCCCCCCOC1OC(CO)C(OC2OC(CO)C(O)C(O)C2O)C(O)CC1O. The molecule has 196 valence electrons. The van der Waals surface area contributed by atoms with Crippen molar-refractivity contribution in [2.75, 3.05) is 19.8 Å². The minimum atomic E-state index is -1.67. The van der Waals surface area contributed by atoms with Gasteiger partial charge in [0.2, 0.25) is 0 Å². The molecule has 0 aromatic heterocycles. The van der Waals surface area contributed by atoms with E-state index in [4.69, 9.17) is 18.9 Å². The van der Waals surface area contributed by atoms with Crippen LogP contribution in [0.15, 0.2) is 0 Å². The third-order valence-electron chi connectivity index (χ3n) is 6.20. The molecule has 2 saturated heterocycles. The van der Waals surface area contributed by atoms with Crippen molar-refractivity contribution < 1.29 is 54.7 Å². The molecule has 2 aliphatic rings. The molecule has 2 aliphatic heterocycles. The smallest absolute Gasteiger partial charge is 0.187 e. The van der Waals surface area contributed by atoms with Gasteiger partial charge in [-0.3, -0.25) is 0 Å². The van der Waals surface area contributed by atoms with E-state index >= 15 is 0 Å². The minimum absolute atomic E-state index is 0.180. The van der Waals surface area contributed by atoms with Crippen LogP contribution in [0.3, 0.4) is 0 Å². The molecule has 0 bridgehead atoms. The summed E-state index contributed by atoms with van der Waals surface area (Å²) in [4.78, 5) is 0. The van der Waals surface area contributed by atoms with E-state index in [2.05, 4.69) is 6.92 Å². The number of aliphatic hydroxyl groups is 7. The van der Waals surface area contributed by atoms with Crippen molar-refractivity contribution in [2.45, 2.75) is 120 Å². The highest BCUT2D eigenvalue weighted by Crippen LogP contribution is 2.29. The summed E-state index contributed by atoms with van der Waals surface area (Å²) in [7, 11) is 0. The highest BCUT2D eigenvalue weighted by atomic mass is 16.7. The Hall–Kier alpha value is -0.440. The molecule has 0 aromatic carbocycles. The molecule has 0 spiro atoms. The van der Waals surface area contributed by atoms with Gasteiger partial charge in [-0.05, 0) is 6.42 Å². The fourth-order valence-corrected chi connectivity index (χ4v) is 4.15. The van der Waals surface area contributed by atoms with E-state index in [0.717, 1.165) is 19.3 Å². The lowest BCUT2D eigenvalue weighted by atomic mass is 9.98. The Morgan fingerprint density at radius 3 is 1.94 bits per heavy atom. The van der Waals surface area contributed by atoms with Gasteiger partial charge in [-0.2, -0.15) is 0 Å². The summed E-state index contributed by atoms with van der Waals surface area (Å²) >= 11 is 0. The summed E-state index contributed by atoms with van der Waals surface area (Å²) in [5, 5.41) is 70.2. The van der Waals surface area contributed by atoms with Gasteiger partial charge in [0.05, 0.1) is 19.3 Å². The molecular weight excluding hydrogens is 440 g/mol. The van der Waals surface area contributed by atoms with Crippen LogP contribution >= 0.6 is 0 Å². The quantitative estimate of drug-likeness (QED) is 0.156. The van der Waals surface area contributed by atoms with Gasteiger partial charge in [0.1, 0.15) is 42.7 Å². The molecule has 11 nitrogen and oxygen atoms in total. The van der Waals surface area contributed by atoms with Gasteiger partial charge in [-0.25, -0.2) is 0 Å². The summed E-state index contributed by atoms with van der Waals surface area (Å²) in [6.45, 7) is 1.30. The van der Waals surface area contributed by atoms with Crippen LogP contribution in [-0.4, -0.2) is 117 Å². The molecule has 10 atom stereocenters. The molecule has 10 unspecified atom stereocenters. The number of hydrogen-bond acceptors (Lipinski definition) is 11. The summed E-state index contributed by atoms with van der Waals surface area (Å²) in [5.41, 5.74) is 0. The second-order valence-corrected chi connectivity index (χ2v) is 8.89. The second kappa shape index (κ2) is 14.8. The molecule has 0 radical (unpaired) electrons. The third kappa shape index (κ3) is 8.32. The molecule has 7 N–H and O–H groups in total. The monoisotopic (exact) mass is 482 g/mol. The topological polar surface area (TPSA) is 179 Å². The first-order chi connectivity index (χ1) is 15.8. The first-order valence-electron chi connectivity index (χ1n) is 12.0. The molecule has 2 rings (SSSR count). The zero-order valence-electron chi connectivity index (χ0n) is 19.3. The van der Waals surface area contributed by atoms with Gasteiger partial charge in [0.15, 0.2) is 12.6 Å². The van der Waals surface area contributed by atoms with Gasteiger partial charge in [0.25, 0.3) is 0 Å². The highest BCUT2D eigenvalue weighted by Gasteiger charge is 2.48. The Balaban J connectivity index is 1.91. The van der Waals surface area contributed by atoms with E-state index < -0.39 is 74.6 Å². The van der Waals surface area contributed by atoms with E-state index in [1.165, 1.54) is 25.7 Å². The van der Waals surface area contributed by atoms with Crippen molar-refractivity contribution in [3.05, 3.63) is 0 Å². The Kier molecular flexibility index (Phi) is 13.0. The predicted octanol–water partition coefficient (Wildman–Crippen LogP) is -1.23. The minimum Gasteiger partial charge on any atom is -0.394 e. The van der Waals surface area contributed by atoms with Gasteiger partial charge in [0, 0.05) is 13.0 Å². The molecule has 0 amide bonds. The van der Waals surface area contributed by atoms with E-state index in [-0.39, 0.29) is 6.42 Å². The van der Waals surface area contributed by atoms with Crippen molar-refractivity contribution in [2.24, 2.45) is 0 Å². The fraction of sp³-hybridized carbons (Fsp3) is 1.00. The van der Waals surface area contributed by atoms with Crippen molar-refractivity contribution >= 4 is 0 Å². The van der Waals surface area contributed by atoms with Crippen molar-refractivity contribution in [3.63, 3.8) is 0 Å². The lowest BCUT2D eigenvalue weighted by Crippen LogP contribution is -2.61. The average Bonchev–Trinajstić information content (AvgIpc) is 2.91. The number of unbranched alkanes of at least 4 members (excludes halogenated alkanes) is 6. The molecule has 0 aliphatic carbocycles. The van der Waals surface area contributed by atoms with Crippen LogP contribution in [0.5, 0.6) is 0 Å². The maximum Gasteiger partial charge on any atom is 0.187 e. The van der Waals surface area contributed by atoms with Crippen LogP contribution in [0, 0.1) is 0 Å². The van der Waals surface area contributed by atoms with E-state index in [0.29, 0.717) is 6.61 Å². The fourth-order valence-electron chi connectivity index (χ4n) is 4.15. The van der Waals surface area contributed by atoms with Crippen LogP contribution in [0.1, 0.15) is 58.3 Å². The Morgan fingerprint density at radius 1 is 0.697 bits per heavy atom. The first kappa shape index (κ1) is 28.8. The van der Waals surface area contributed by atoms with E-state index in [1.807, 2.05) is 0 Å². The van der Waals surface area contributed by atoms with Gasteiger partial charge in [-0.15, -0.1) is 0 Å².